The maximum absolute atomic E-state index is 13.9. The summed E-state index contributed by atoms with van der Waals surface area (Å²) in [6, 6.07) is 10.8. The molecule has 1 aromatic rings. The number of likely N-dealkylation sites (N-methyl/N-ethyl adjacent to an activating group) is 1. The van der Waals surface area contributed by atoms with Gasteiger partial charge in [0.15, 0.2) is 0 Å². The summed E-state index contributed by atoms with van der Waals surface area (Å²) in [5.74, 6) is 1.29. The molecule has 3 aliphatic rings. The predicted octanol–water partition coefficient (Wildman–Crippen LogP) is 3.53. The van der Waals surface area contributed by atoms with Gasteiger partial charge in [-0.2, -0.15) is 0 Å². The van der Waals surface area contributed by atoms with Crippen LogP contribution in [-0.2, 0) is 16.0 Å². The second kappa shape index (κ2) is 10.9. The molecule has 0 spiro atoms. The Morgan fingerprint density at radius 3 is 2.53 bits per heavy atom. The van der Waals surface area contributed by atoms with Crippen molar-refractivity contribution in [3.05, 3.63) is 35.9 Å². The van der Waals surface area contributed by atoms with E-state index < -0.39 is 0 Å². The molecule has 176 valence electrons. The van der Waals surface area contributed by atoms with Crippen LogP contribution < -0.4 is 5.32 Å². The van der Waals surface area contributed by atoms with Crippen molar-refractivity contribution in [1.82, 2.24) is 15.1 Å². The first-order chi connectivity index (χ1) is 15.6. The Morgan fingerprint density at radius 1 is 1.06 bits per heavy atom. The highest BCUT2D eigenvalue weighted by Gasteiger charge is 2.46. The van der Waals surface area contributed by atoms with Crippen molar-refractivity contribution in [2.75, 3.05) is 33.2 Å². The van der Waals surface area contributed by atoms with Crippen LogP contribution in [0.15, 0.2) is 30.3 Å². The van der Waals surface area contributed by atoms with E-state index in [2.05, 4.69) is 45.4 Å². The van der Waals surface area contributed by atoms with E-state index in [-0.39, 0.29) is 23.7 Å². The van der Waals surface area contributed by atoms with Crippen molar-refractivity contribution < 1.29 is 9.59 Å². The van der Waals surface area contributed by atoms with Crippen LogP contribution in [0, 0.1) is 17.8 Å². The number of fused-ring (bicyclic) bond motifs is 1. The zero-order valence-electron chi connectivity index (χ0n) is 20.0. The number of hydrogen-bond acceptors (Lipinski definition) is 4. The van der Waals surface area contributed by atoms with Crippen LogP contribution >= 0.6 is 0 Å². The molecule has 5 nitrogen and oxygen atoms in total. The van der Waals surface area contributed by atoms with Crippen LogP contribution in [0.2, 0.25) is 0 Å². The number of Topliss-reactive ketones (excluding diaryl/α,β-unsaturated/α-hetero) is 1. The minimum atomic E-state index is -0.180. The number of nitrogens with one attached hydrogen (secondary N) is 1. The molecular weight excluding hydrogens is 398 g/mol. The van der Waals surface area contributed by atoms with Gasteiger partial charge in [-0.25, -0.2) is 0 Å². The molecule has 4 rings (SSSR count). The van der Waals surface area contributed by atoms with Gasteiger partial charge in [0.1, 0.15) is 5.78 Å². The van der Waals surface area contributed by atoms with E-state index in [1.165, 1.54) is 24.8 Å². The molecule has 0 unspecified atom stereocenters. The lowest BCUT2D eigenvalue weighted by Crippen LogP contribution is -2.46. The van der Waals surface area contributed by atoms with Crippen molar-refractivity contribution in [1.29, 1.82) is 0 Å². The molecule has 1 saturated carbocycles. The third kappa shape index (κ3) is 5.43. The molecule has 0 bridgehead atoms. The molecule has 2 aliphatic heterocycles. The van der Waals surface area contributed by atoms with E-state index in [0.717, 1.165) is 51.9 Å². The number of nitrogens with zero attached hydrogens (tertiary/aromatic N) is 2. The summed E-state index contributed by atoms with van der Waals surface area (Å²) in [7, 11) is 1.83. The van der Waals surface area contributed by atoms with Gasteiger partial charge >= 0.3 is 0 Å². The number of ketones is 1. The summed E-state index contributed by atoms with van der Waals surface area (Å²) in [6.07, 6.45) is 8.44. The fraction of sp³-hybridized carbons (Fsp3) is 0.704. The minimum Gasteiger partial charge on any atom is -0.338 e. The lowest BCUT2D eigenvalue weighted by atomic mass is 9.76. The summed E-state index contributed by atoms with van der Waals surface area (Å²) in [5.41, 5.74) is 1.38. The highest BCUT2D eigenvalue weighted by atomic mass is 16.2. The second-order valence-electron chi connectivity index (χ2n) is 10.3. The molecule has 0 aromatic heterocycles. The Labute approximate surface area is 193 Å². The summed E-state index contributed by atoms with van der Waals surface area (Å²) in [6.45, 7) is 5.94. The molecule has 0 radical (unpaired) electrons. The Kier molecular flexibility index (Phi) is 8.01. The van der Waals surface area contributed by atoms with Crippen LogP contribution in [0.25, 0.3) is 0 Å². The van der Waals surface area contributed by atoms with Crippen molar-refractivity contribution in [3.8, 4) is 0 Å². The van der Waals surface area contributed by atoms with Gasteiger partial charge in [-0.05, 0) is 57.1 Å². The van der Waals surface area contributed by atoms with Gasteiger partial charge in [0.25, 0.3) is 0 Å². The van der Waals surface area contributed by atoms with Crippen LogP contribution in [0.1, 0.15) is 57.4 Å². The molecule has 1 aromatic carbocycles. The average molecular weight is 440 g/mol. The Morgan fingerprint density at radius 2 is 1.81 bits per heavy atom. The van der Waals surface area contributed by atoms with Gasteiger partial charge in [-0.1, -0.05) is 49.6 Å². The van der Waals surface area contributed by atoms with Gasteiger partial charge < -0.3 is 15.1 Å². The number of amides is 1. The third-order valence-corrected chi connectivity index (χ3v) is 8.34. The van der Waals surface area contributed by atoms with E-state index in [0.29, 0.717) is 24.3 Å². The highest BCUT2D eigenvalue weighted by molar-refractivity contribution is 5.90. The Hall–Kier alpha value is -1.72. The Bertz CT molecular complexity index is 761. The third-order valence-electron chi connectivity index (χ3n) is 8.34. The SMILES string of the molecule is CN[C@@H](C)C(=O)C[C@H](C(=O)N1CC[C@H]2CN(CCc3ccccc3)C[C@H]21)C1CCCCC1. The number of carbonyl (C=O) groups excluding carboxylic acids is 2. The van der Waals surface area contributed by atoms with Gasteiger partial charge in [0.2, 0.25) is 5.91 Å². The highest BCUT2D eigenvalue weighted by Crippen LogP contribution is 2.37. The minimum absolute atomic E-state index is 0.129. The lowest BCUT2D eigenvalue weighted by molar-refractivity contribution is -0.141. The topological polar surface area (TPSA) is 52.7 Å². The second-order valence-corrected chi connectivity index (χ2v) is 10.3. The van der Waals surface area contributed by atoms with E-state index >= 15 is 0 Å². The molecular formula is C27H41N3O2. The van der Waals surface area contributed by atoms with Crippen LogP contribution in [0.5, 0.6) is 0 Å². The number of rotatable bonds is 9. The van der Waals surface area contributed by atoms with Crippen molar-refractivity contribution in [2.24, 2.45) is 17.8 Å². The smallest absolute Gasteiger partial charge is 0.226 e. The molecule has 4 atom stereocenters. The van der Waals surface area contributed by atoms with E-state index in [9.17, 15) is 9.59 Å². The molecule has 1 aliphatic carbocycles. The first-order valence-electron chi connectivity index (χ1n) is 12.8. The van der Waals surface area contributed by atoms with Crippen molar-refractivity contribution in [2.45, 2.75) is 70.4 Å². The fourth-order valence-corrected chi connectivity index (χ4v) is 6.20. The lowest BCUT2D eigenvalue weighted by Gasteiger charge is -2.35. The molecule has 2 saturated heterocycles. The summed E-state index contributed by atoms with van der Waals surface area (Å²) >= 11 is 0. The normalized spacial score (nSPS) is 26.1. The first kappa shape index (κ1) is 23.4. The zero-order chi connectivity index (χ0) is 22.5. The molecule has 3 fully saturated rings. The average Bonchev–Trinajstić information content (AvgIpc) is 3.42. The van der Waals surface area contributed by atoms with Gasteiger partial charge in [0.05, 0.1) is 6.04 Å². The first-order valence-corrected chi connectivity index (χ1v) is 12.8. The largest absolute Gasteiger partial charge is 0.338 e. The fourth-order valence-electron chi connectivity index (χ4n) is 6.20. The molecule has 1 amide bonds. The van der Waals surface area contributed by atoms with Gasteiger partial charge in [-0.3, -0.25) is 9.59 Å². The van der Waals surface area contributed by atoms with E-state index in [1.54, 1.807) is 0 Å². The van der Waals surface area contributed by atoms with E-state index in [1.807, 2.05) is 14.0 Å². The van der Waals surface area contributed by atoms with Gasteiger partial charge in [0, 0.05) is 44.6 Å². The molecule has 5 heteroatoms. The van der Waals surface area contributed by atoms with Crippen LogP contribution in [-0.4, -0.2) is 66.8 Å². The number of carbonyl (C=O) groups is 2. The zero-order valence-corrected chi connectivity index (χ0v) is 20.0. The number of likely N-dealkylation sites (tertiary alicyclic amines) is 2. The molecule has 1 N–H and O–H groups in total. The van der Waals surface area contributed by atoms with Crippen molar-refractivity contribution >= 4 is 11.7 Å². The molecule has 2 heterocycles. The quantitative estimate of drug-likeness (QED) is 0.640. The predicted molar refractivity (Wildman–Crippen MR) is 128 cm³/mol. The number of hydrogen-bond donors (Lipinski definition) is 1. The van der Waals surface area contributed by atoms with Crippen LogP contribution in [0.3, 0.4) is 0 Å². The van der Waals surface area contributed by atoms with Crippen molar-refractivity contribution in [3.63, 3.8) is 0 Å². The number of benzene rings is 1. The van der Waals surface area contributed by atoms with Crippen LogP contribution in [0.4, 0.5) is 0 Å². The standard InChI is InChI=1S/C27H41N3O2/c1-20(28-2)26(31)17-24(22-11-7-4-8-12-22)27(32)30-16-14-23-18-29(19-25(23)30)15-13-21-9-5-3-6-10-21/h3,5-6,9-10,20,22-25,28H,4,7-8,11-19H2,1-2H3/t20-,23-,24-,25+/m0/s1. The summed E-state index contributed by atoms with van der Waals surface area (Å²) in [5, 5.41) is 3.07. The van der Waals surface area contributed by atoms with E-state index in [4.69, 9.17) is 0 Å². The maximum atomic E-state index is 13.9. The molecule has 32 heavy (non-hydrogen) atoms. The summed E-state index contributed by atoms with van der Waals surface area (Å²) in [4.78, 5) is 31.4. The monoisotopic (exact) mass is 439 g/mol. The maximum Gasteiger partial charge on any atom is 0.226 e. The van der Waals surface area contributed by atoms with Gasteiger partial charge in [-0.15, -0.1) is 0 Å². The summed E-state index contributed by atoms with van der Waals surface area (Å²) < 4.78 is 0. The Balaban J connectivity index is 1.40.